The molecular weight excluding hydrogens is 358 g/mol. The predicted octanol–water partition coefficient (Wildman–Crippen LogP) is 0.198. The van der Waals surface area contributed by atoms with Crippen LogP contribution in [-0.4, -0.2) is 71.2 Å². The van der Waals surface area contributed by atoms with Crippen LogP contribution in [0.2, 0.25) is 0 Å². The van der Waals surface area contributed by atoms with Crippen molar-refractivity contribution < 1.29 is 22.7 Å². The molecule has 0 aromatic heterocycles. The molecule has 2 aliphatic heterocycles. The summed E-state index contributed by atoms with van der Waals surface area (Å²) >= 11 is 0. The number of ether oxygens (including phenoxy) is 2. The predicted molar refractivity (Wildman–Crippen MR) is 95.9 cm³/mol. The van der Waals surface area contributed by atoms with Crippen LogP contribution in [0.1, 0.15) is 23.2 Å². The topological polar surface area (TPSA) is 97.0 Å². The number of hydrogen-bond donors (Lipinski definition) is 2. The molecule has 2 aliphatic rings. The number of piperidine rings is 1. The van der Waals surface area contributed by atoms with Gasteiger partial charge in [-0.3, -0.25) is 4.79 Å². The van der Waals surface area contributed by atoms with Gasteiger partial charge in [0.05, 0.1) is 20.3 Å². The van der Waals surface area contributed by atoms with Crippen LogP contribution in [0.3, 0.4) is 0 Å². The van der Waals surface area contributed by atoms with Crippen LogP contribution in [0.25, 0.3) is 0 Å². The van der Waals surface area contributed by atoms with Crippen molar-refractivity contribution in [2.24, 2.45) is 0 Å². The molecule has 26 heavy (non-hydrogen) atoms. The highest BCUT2D eigenvalue weighted by Crippen LogP contribution is 2.28. The van der Waals surface area contributed by atoms with Gasteiger partial charge in [-0.2, -0.15) is 4.31 Å². The summed E-state index contributed by atoms with van der Waals surface area (Å²) in [4.78, 5) is 12.6. The Labute approximate surface area is 153 Å². The lowest BCUT2D eigenvalue weighted by Crippen LogP contribution is -2.43. The van der Waals surface area contributed by atoms with Gasteiger partial charge in [0.2, 0.25) is 10.0 Å². The van der Waals surface area contributed by atoms with Crippen LogP contribution >= 0.6 is 0 Å². The molecule has 1 aromatic carbocycles. The largest absolute Gasteiger partial charge is 0.495 e. The van der Waals surface area contributed by atoms with E-state index >= 15 is 0 Å². The summed E-state index contributed by atoms with van der Waals surface area (Å²) in [6.07, 6.45) is 1.72. The van der Waals surface area contributed by atoms with Crippen molar-refractivity contribution in [1.29, 1.82) is 0 Å². The first-order valence-electron chi connectivity index (χ1n) is 8.80. The van der Waals surface area contributed by atoms with Gasteiger partial charge in [-0.05, 0) is 44.1 Å². The molecule has 0 radical (unpaired) electrons. The Morgan fingerprint density at radius 2 is 1.96 bits per heavy atom. The van der Waals surface area contributed by atoms with Gasteiger partial charge in [0.15, 0.2) is 0 Å². The number of nitrogens with one attached hydrogen (secondary N) is 2. The molecule has 144 valence electrons. The zero-order chi connectivity index (χ0) is 18.6. The van der Waals surface area contributed by atoms with E-state index in [0.29, 0.717) is 18.8 Å². The number of morpholine rings is 1. The van der Waals surface area contributed by atoms with Gasteiger partial charge >= 0.3 is 0 Å². The van der Waals surface area contributed by atoms with E-state index in [1.54, 1.807) is 6.07 Å². The fourth-order valence-corrected chi connectivity index (χ4v) is 4.77. The summed E-state index contributed by atoms with van der Waals surface area (Å²) in [7, 11) is -2.34. The van der Waals surface area contributed by atoms with Crippen LogP contribution in [0.15, 0.2) is 23.1 Å². The summed E-state index contributed by atoms with van der Waals surface area (Å²) in [5.41, 5.74) is 0.316. The van der Waals surface area contributed by atoms with Crippen molar-refractivity contribution in [3.05, 3.63) is 23.8 Å². The second-order valence-electron chi connectivity index (χ2n) is 6.38. The highest BCUT2D eigenvalue weighted by molar-refractivity contribution is 7.89. The van der Waals surface area contributed by atoms with E-state index in [-0.39, 0.29) is 35.7 Å². The van der Waals surface area contributed by atoms with Crippen molar-refractivity contribution in [2.45, 2.75) is 23.8 Å². The molecule has 0 atom stereocenters. The molecule has 0 saturated carbocycles. The molecule has 0 bridgehead atoms. The number of carbonyl (C=O) groups excluding carboxylic acids is 1. The lowest BCUT2D eigenvalue weighted by molar-refractivity contribution is 0.0729. The zero-order valence-corrected chi connectivity index (χ0v) is 15.7. The van der Waals surface area contributed by atoms with Crippen molar-refractivity contribution in [3.8, 4) is 5.75 Å². The Balaban J connectivity index is 1.84. The Hall–Kier alpha value is -1.68. The first kappa shape index (κ1) is 19.1. The molecule has 1 aromatic rings. The minimum absolute atomic E-state index is 0.0138. The zero-order valence-electron chi connectivity index (χ0n) is 14.9. The Kier molecular flexibility index (Phi) is 6.13. The standard InChI is InChI=1S/C17H25N3O5S/c1-24-15-3-2-13(17(21)19-14-4-6-18-7-5-14)12-16(15)26(22,23)20-8-10-25-11-9-20/h2-3,12,14,18H,4-11H2,1H3,(H,19,21). The third-order valence-corrected chi connectivity index (χ3v) is 6.61. The average molecular weight is 383 g/mol. The van der Waals surface area contributed by atoms with Gasteiger partial charge in [-0.15, -0.1) is 0 Å². The van der Waals surface area contributed by atoms with Crippen LogP contribution in [-0.2, 0) is 14.8 Å². The van der Waals surface area contributed by atoms with Gasteiger partial charge in [0.1, 0.15) is 10.6 Å². The van der Waals surface area contributed by atoms with Gasteiger partial charge in [0, 0.05) is 24.7 Å². The molecule has 9 heteroatoms. The van der Waals surface area contributed by atoms with E-state index in [9.17, 15) is 13.2 Å². The number of benzene rings is 1. The second kappa shape index (κ2) is 8.34. The van der Waals surface area contributed by atoms with Gasteiger partial charge in [-0.1, -0.05) is 0 Å². The number of carbonyl (C=O) groups is 1. The number of hydrogen-bond acceptors (Lipinski definition) is 6. The number of amides is 1. The van der Waals surface area contributed by atoms with Crippen LogP contribution in [0.4, 0.5) is 0 Å². The molecule has 1 amide bonds. The minimum atomic E-state index is -3.76. The Bertz CT molecular complexity index is 741. The molecule has 0 unspecified atom stereocenters. The molecule has 0 spiro atoms. The van der Waals surface area contributed by atoms with E-state index in [2.05, 4.69) is 10.6 Å². The normalized spacial score (nSPS) is 19.9. The quantitative estimate of drug-likeness (QED) is 0.754. The highest BCUT2D eigenvalue weighted by atomic mass is 32.2. The minimum Gasteiger partial charge on any atom is -0.495 e. The van der Waals surface area contributed by atoms with Crippen molar-refractivity contribution in [1.82, 2.24) is 14.9 Å². The molecule has 2 fully saturated rings. The van der Waals surface area contributed by atoms with Crippen molar-refractivity contribution >= 4 is 15.9 Å². The molecule has 8 nitrogen and oxygen atoms in total. The molecule has 0 aliphatic carbocycles. The van der Waals surface area contributed by atoms with Gasteiger partial charge in [0.25, 0.3) is 5.91 Å². The lowest BCUT2D eigenvalue weighted by atomic mass is 10.1. The first-order valence-corrected chi connectivity index (χ1v) is 10.2. The third kappa shape index (κ3) is 4.17. The average Bonchev–Trinajstić information content (AvgIpc) is 2.69. The molecule has 2 saturated heterocycles. The Morgan fingerprint density at radius 1 is 1.27 bits per heavy atom. The van der Waals surface area contributed by atoms with E-state index in [1.807, 2.05) is 0 Å². The van der Waals surface area contributed by atoms with Crippen molar-refractivity contribution in [3.63, 3.8) is 0 Å². The first-order chi connectivity index (χ1) is 12.5. The summed E-state index contributed by atoms with van der Waals surface area (Å²) in [5.74, 6) is -0.0344. The molecule has 3 rings (SSSR count). The smallest absolute Gasteiger partial charge is 0.251 e. The summed E-state index contributed by atoms with van der Waals surface area (Å²) in [6, 6.07) is 4.63. The number of nitrogens with zero attached hydrogens (tertiary/aromatic N) is 1. The lowest BCUT2D eigenvalue weighted by Gasteiger charge is -2.27. The molecular formula is C17H25N3O5S. The second-order valence-corrected chi connectivity index (χ2v) is 8.29. The maximum absolute atomic E-state index is 13.0. The number of sulfonamides is 1. The number of methoxy groups -OCH3 is 1. The van der Waals surface area contributed by atoms with E-state index in [0.717, 1.165) is 25.9 Å². The monoisotopic (exact) mass is 383 g/mol. The molecule has 2 N–H and O–H groups in total. The van der Waals surface area contributed by atoms with E-state index in [1.165, 1.54) is 23.5 Å². The van der Waals surface area contributed by atoms with E-state index < -0.39 is 10.0 Å². The van der Waals surface area contributed by atoms with E-state index in [4.69, 9.17) is 9.47 Å². The maximum Gasteiger partial charge on any atom is 0.251 e. The third-order valence-electron chi connectivity index (χ3n) is 4.69. The summed E-state index contributed by atoms with van der Waals surface area (Å²) in [6.45, 7) is 3.03. The fourth-order valence-electron chi connectivity index (χ4n) is 3.18. The van der Waals surface area contributed by atoms with Crippen LogP contribution in [0, 0.1) is 0 Å². The fraction of sp³-hybridized carbons (Fsp3) is 0.588. The van der Waals surface area contributed by atoms with Gasteiger partial charge in [-0.25, -0.2) is 8.42 Å². The number of rotatable bonds is 5. The SMILES string of the molecule is COc1ccc(C(=O)NC2CCNCC2)cc1S(=O)(=O)N1CCOCC1. The summed E-state index contributed by atoms with van der Waals surface area (Å²) < 4.78 is 37.8. The molecule has 2 heterocycles. The highest BCUT2D eigenvalue weighted by Gasteiger charge is 2.30. The van der Waals surface area contributed by atoms with Gasteiger partial charge < -0.3 is 20.1 Å². The summed E-state index contributed by atoms with van der Waals surface area (Å²) in [5, 5.41) is 6.23. The van der Waals surface area contributed by atoms with Crippen molar-refractivity contribution in [2.75, 3.05) is 46.5 Å². The Morgan fingerprint density at radius 3 is 2.62 bits per heavy atom. The van der Waals surface area contributed by atoms with Crippen LogP contribution < -0.4 is 15.4 Å². The van der Waals surface area contributed by atoms with Crippen LogP contribution in [0.5, 0.6) is 5.75 Å². The maximum atomic E-state index is 13.0.